The number of carbonyl (C=O) groups excluding carboxylic acids is 2. The number of nitrogens with one attached hydrogen (secondary N) is 1. The molecular formula is C26H29FN4O4. The first-order valence-corrected chi connectivity index (χ1v) is 11.6. The number of fused-ring (bicyclic) bond motifs is 1. The zero-order valence-corrected chi connectivity index (χ0v) is 20.1. The van der Waals surface area contributed by atoms with Crippen LogP contribution in [-0.4, -0.2) is 55.1 Å². The Kier molecular flexibility index (Phi) is 7.16. The summed E-state index contributed by atoms with van der Waals surface area (Å²) < 4.78 is 21.3. The third-order valence-electron chi connectivity index (χ3n) is 6.11. The van der Waals surface area contributed by atoms with Gasteiger partial charge in [0.25, 0.3) is 17.9 Å². The number of rotatable bonds is 7. The number of amides is 1. The number of carbonyl (C=O) groups is 2. The van der Waals surface area contributed by atoms with Crippen molar-refractivity contribution in [1.29, 1.82) is 0 Å². The van der Waals surface area contributed by atoms with Crippen LogP contribution in [0.1, 0.15) is 24.2 Å². The molecule has 9 heteroatoms. The quantitative estimate of drug-likeness (QED) is 0.523. The molecule has 1 aliphatic rings. The van der Waals surface area contributed by atoms with Gasteiger partial charge in [-0.2, -0.15) is 0 Å². The van der Waals surface area contributed by atoms with Crippen molar-refractivity contribution in [2.24, 2.45) is 5.92 Å². The number of benzene rings is 2. The fourth-order valence-electron chi connectivity index (χ4n) is 4.37. The number of anilines is 2. The van der Waals surface area contributed by atoms with E-state index < -0.39 is 11.5 Å². The van der Waals surface area contributed by atoms with Crippen LogP contribution in [0.4, 0.5) is 15.8 Å². The Morgan fingerprint density at radius 2 is 1.86 bits per heavy atom. The Morgan fingerprint density at radius 3 is 2.54 bits per heavy atom. The van der Waals surface area contributed by atoms with Gasteiger partial charge >= 0.3 is 0 Å². The summed E-state index contributed by atoms with van der Waals surface area (Å²) in [5.41, 5.74) is 0.454. The van der Waals surface area contributed by atoms with Gasteiger partial charge in [-0.05, 0) is 43.3 Å². The third-order valence-corrected chi connectivity index (χ3v) is 6.11. The Balaban J connectivity index is 1.76. The van der Waals surface area contributed by atoms with E-state index >= 15 is 0 Å². The lowest BCUT2D eigenvalue weighted by Gasteiger charge is -2.34. The molecule has 1 aliphatic heterocycles. The van der Waals surface area contributed by atoms with Crippen molar-refractivity contribution >= 4 is 34.7 Å². The molecule has 4 rings (SSSR count). The lowest BCUT2D eigenvalue weighted by molar-refractivity contribution is -0.120. The molecule has 0 spiro atoms. The van der Waals surface area contributed by atoms with Crippen LogP contribution in [0, 0.1) is 11.7 Å². The normalized spacial score (nSPS) is 14.4. The van der Waals surface area contributed by atoms with Crippen molar-refractivity contribution in [1.82, 2.24) is 9.47 Å². The second-order valence-electron chi connectivity index (χ2n) is 9.16. The summed E-state index contributed by atoms with van der Waals surface area (Å²) in [6.45, 7) is 7.44. The van der Waals surface area contributed by atoms with E-state index in [0.29, 0.717) is 41.9 Å². The first kappa shape index (κ1) is 24.4. The van der Waals surface area contributed by atoms with Gasteiger partial charge in [0, 0.05) is 43.8 Å². The second-order valence-corrected chi connectivity index (χ2v) is 9.16. The summed E-state index contributed by atoms with van der Waals surface area (Å²) >= 11 is 0. The zero-order chi connectivity index (χ0) is 25.1. The SMILES string of the molecule is CC(C)Cn1c(=O)c(C(=O)Nc2ccc(F)c(N3CCN(C)CC3)c2)c(OC=O)c2ccccc21. The van der Waals surface area contributed by atoms with Crippen molar-refractivity contribution in [2.45, 2.75) is 20.4 Å². The molecule has 184 valence electrons. The molecule has 0 radical (unpaired) electrons. The number of ether oxygens (including phenoxy) is 1. The molecule has 1 amide bonds. The van der Waals surface area contributed by atoms with E-state index in [4.69, 9.17) is 4.74 Å². The molecule has 0 atom stereocenters. The summed E-state index contributed by atoms with van der Waals surface area (Å²) in [5, 5.41) is 3.18. The summed E-state index contributed by atoms with van der Waals surface area (Å²) in [6.07, 6.45) is 0. The van der Waals surface area contributed by atoms with Gasteiger partial charge in [-0.1, -0.05) is 26.0 Å². The van der Waals surface area contributed by atoms with Crippen LogP contribution < -0.4 is 20.5 Å². The van der Waals surface area contributed by atoms with Crippen molar-refractivity contribution in [2.75, 3.05) is 43.4 Å². The molecule has 0 aliphatic carbocycles. The number of hydrogen-bond donors (Lipinski definition) is 1. The average molecular weight is 481 g/mol. The minimum absolute atomic E-state index is 0.0977. The maximum Gasteiger partial charge on any atom is 0.298 e. The van der Waals surface area contributed by atoms with E-state index in [1.54, 1.807) is 30.3 Å². The Labute approximate surface area is 202 Å². The van der Waals surface area contributed by atoms with Gasteiger partial charge in [0.05, 0.1) is 11.2 Å². The van der Waals surface area contributed by atoms with Crippen LogP contribution in [0.5, 0.6) is 5.75 Å². The van der Waals surface area contributed by atoms with E-state index in [1.165, 1.54) is 16.7 Å². The van der Waals surface area contributed by atoms with E-state index in [-0.39, 0.29) is 29.5 Å². The molecule has 0 saturated carbocycles. The fourth-order valence-corrected chi connectivity index (χ4v) is 4.37. The molecule has 1 fully saturated rings. The first-order chi connectivity index (χ1) is 16.8. The molecule has 1 N–H and O–H groups in total. The van der Waals surface area contributed by atoms with Crippen LogP contribution in [-0.2, 0) is 11.3 Å². The Bertz CT molecular complexity index is 1310. The highest BCUT2D eigenvalue weighted by Gasteiger charge is 2.25. The largest absolute Gasteiger partial charge is 0.427 e. The summed E-state index contributed by atoms with van der Waals surface area (Å²) in [4.78, 5) is 42.3. The first-order valence-electron chi connectivity index (χ1n) is 11.6. The van der Waals surface area contributed by atoms with Crippen LogP contribution >= 0.6 is 0 Å². The number of para-hydroxylation sites is 1. The maximum atomic E-state index is 14.6. The van der Waals surface area contributed by atoms with E-state index in [1.807, 2.05) is 25.8 Å². The number of halogens is 1. The van der Waals surface area contributed by atoms with Gasteiger partial charge in [-0.3, -0.25) is 14.4 Å². The Hall–Kier alpha value is -3.72. The summed E-state index contributed by atoms with van der Waals surface area (Å²) in [7, 11) is 2.01. The summed E-state index contributed by atoms with van der Waals surface area (Å²) in [5.74, 6) is -1.08. The minimum Gasteiger partial charge on any atom is -0.427 e. The molecule has 35 heavy (non-hydrogen) atoms. The molecular weight excluding hydrogens is 451 g/mol. The highest BCUT2D eigenvalue weighted by atomic mass is 19.1. The molecule has 3 aromatic rings. The molecule has 0 unspecified atom stereocenters. The van der Waals surface area contributed by atoms with Crippen molar-refractivity contribution in [3.05, 3.63) is 64.2 Å². The molecule has 2 aromatic carbocycles. The monoisotopic (exact) mass is 480 g/mol. The number of pyridine rings is 1. The van der Waals surface area contributed by atoms with Crippen molar-refractivity contribution in [3.63, 3.8) is 0 Å². The highest BCUT2D eigenvalue weighted by Crippen LogP contribution is 2.30. The van der Waals surface area contributed by atoms with E-state index in [9.17, 15) is 18.8 Å². The number of hydrogen-bond acceptors (Lipinski definition) is 6. The second kappa shape index (κ2) is 10.3. The average Bonchev–Trinajstić information content (AvgIpc) is 2.83. The lowest BCUT2D eigenvalue weighted by Crippen LogP contribution is -2.44. The van der Waals surface area contributed by atoms with Gasteiger partial charge in [0.15, 0.2) is 5.75 Å². The van der Waals surface area contributed by atoms with E-state index in [0.717, 1.165) is 13.1 Å². The molecule has 2 heterocycles. The molecule has 1 aromatic heterocycles. The maximum absolute atomic E-state index is 14.6. The van der Waals surface area contributed by atoms with Crippen molar-refractivity contribution < 1.29 is 18.7 Å². The number of piperazine rings is 1. The van der Waals surface area contributed by atoms with Crippen LogP contribution in [0.2, 0.25) is 0 Å². The Morgan fingerprint density at radius 1 is 1.14 bits per heavy atom. The van der Waals surface area contributed by atoms with E-state index in [2.05, 4.69) is 10.2 Å². The van der Waals surface area contributed by atoms with Gasteiger partial charge in [-0.15, -0.1) is 0 Å². The number of nitrogens with zero attached hydrogens (tertiary/aromatic N) is 3. The molecule has 0 bridgehead atoms. The smallest absolute Gasteiger partial charge is 0.298 e. The third kappa shape index (κ3) is 5.05. The van der Waals surface area contributed by atoms with Gasteiger partial charge in [0.2, 0.25) is 0 Å². The van der Waals surface area contributed by atoms with Crippen LogP contribution in [0.25, 0.3) is 10.9 Å². The van der Waals surface area contributed by atoms with Gasteiger partial charge in [-0.25, -0.2) is 4.39 Å². The number of likely N-dealkylation sites (N-methyl/N-ethyl adjacent to an activating group) is 1. The van der Waals surface area contributed by atoms with Crippen LogP contribution in [0.3, 0.4) is 0 Å². The number of aromatic nitrogens is 1. The molecule has 1 saturated heterocycles. The van der Waals surface area contributed by atoms with Gasteiger partial charge in [0.1, 0.15) is 11.4 Å². The topological polar surface area (TPSA) is 83.9 Å². The molecule has 8 nitrogen and oxygen atoms in total. The minimum atomic E-state index is -0.731. The van der Waals surface area contributed by atoms with Crippen LogP contribution in [0.15, 0.2) is 47.3 Å². The van der Waals surface area contributed by atoms with Crippen molar-refractivity contribution in [3.8, 4) is 5.75 Å². The lowest BCUT2D eigenvalue weighted by atomic mass is 10.1. The standard InChI is InChI=1S/C26H29FN4O4/c1-17(2)15-31-21-7-5-4-6-19(21)24(35-16-32)23(26(31)34)25(33)28-18-8-9-20(27)22(14-18)30-12-10-29(3)11-13-30/h4-9,14,16-17H,10-13,15H2,1-3H3,(H,28,33). The predicted molar refractivity (Wildman–Crippen MR) is 134 cm³/mol. The van der Waals surface area contributed by atoms with Gasteiger partial charge < -0.3 is 24.4 Å². The summed E-state index contributed by atoms with van der Waals surface area (Å²) in [6, 6.07) is 11.3. The highest BCUT2D eigenvalue weighted by molar-refractivity contribution is 6.09. The predicted octanol–water partition coefficient (Wildman–Crippen LogP) is 3.34. The fraction of sp³-hybridized carbons (Fsp3) is 0.346. The zero-order valence-electron chi connectivity index (χ0n) is 20.1.